The highest BCUT2D eigenvalue weighted by atomic mass is 35.5. The number of rotatable bonds is 2. The average molecular weight is 232 g/mol. The summed E-state index contributed by atoms with van der Waals surface area (Å²) >= 11 is 5.66. The lowest BCUT2D eigenvalue weighted by molar-refractivity contribution is 0.103. The topological polar surface area (TPSA) is 30.0 Å². The van der Waals surface area contributed by atoms with Gasteiger partial charge in [-0.1, -0.05) is 41.4 Å². The predicted molar refractivity (Wildman–Crippen MR) is 63.9 cm³/mol. The van der Waals surface area contributed by atoms with E-state index in [1.54, 1.807) is 12.1 Å². The van der Waals surface area contributed by atoms with Gasteiger partial charge in [0, 0.05) is 17.3 Å². The molecule has 1 aromatic carbocycles. The van der Waals surface area contributed by atoms with Crippen LogP contribution in [0, 0.1) is 6.92 Å². The number of hydrogen-bond donors (Lipinski definition) is 0. The summed E-state index contributed by atoms with van der Waals surface area (Å²) in [5, 5.41) is 0.389. The number of nitrogens with zero attached hydrogens (tertiary/aromatic N) is 1. The van der Waals surface area contributed by atoms with Crippen molar-refractivity contribution in [1.82, 2.24) is 4.98 Å². The molecule has 0 saturated carbocycles. The van der Waals surface area contributed by atoms with Gasteiger partial charge < -0.3 is 0 Å². The van der Waals surface area contributed by atoms with E-state index in [2.05, 4.69) is 4.98 Å². The Kier molecular flexibility index (Phi) is 3.02. The van der Waals surface area contributed by atoms with Gasteiger partial charge in [-0.15, -0.1) is 0 Å². The number of pyridine rings is 1. The maximum absolute atomic E-state index is 12.0. The fourth-order valence-electron chi connectivity index (χ4n) is 1.38. The molecule has 3 heteroatoms. The smallest absolute Gasteiger partial charge is 0.194 e. The third-order valence-electron chi connectivity index (χ3n) is 2.30. The second kappa shape index (κ2) is 4.45. The molecule has 1 aromatic heterocycles. The zero-order chi connectivity index (χ0) is 11.5. The summed E-state index contributed by atoms with van der Waals surface area (Å²) in [6.45, 7) is 1.98. The van der Waals surface area contributed by atoms with Crippen LogP contribution >= 0.6 is 11.6 Å². The van der Waals surface area contributed by atoms with Gasteiger partial charge in [-0.25, -0.2) is 4.98 Å². The van der Waals surface area contributed by atoms with E-state index in [1.165, 1.54) is 6.20 Å². The van der Waals surface area contributed by atoms with Gasteiger partial charge in [-0.05, 0) is 19.1 Å². The minimum Gasteiger partial charge on any atom is -0.289 e. The molecule has 0 radical (unpaired) electrons. The molecule has 2 aromatic rings. The van der Waals surface area contributed by atoms with Gasteiger partial charge in [0.2, 0.25) is 0 Å². The van der Waals surface area contributed by atoms with Crippen molar-refractivity contribution in [2.45, 2.75) is 6.92 Å². The summed E-state index contributed by atoms with van der Waals surface area (Å²) in [4.78, 5) is 15.9. The molecule has 0 aliphatic heterocycles. The number of carbonyl (C=O) groups is 1. The van der Waals surface area contributed by atoms with Crippen LogP contribution in [-0.2, 0) is 0 Å². The third-order valence-corrected chi connectivity index (χ3v) is 2.53. The van der Waals surface area contributed by atoms with Crippen molar-refractivity contribution in [3.63, 3.8) is 0 Å². The SMILES string of the molecule is Cc1ccc(C(=O)c2ccc(Cl)nc2)cc1. The first-order chi connectivity index (χ1) is 7.66. The zero-order valence-electron chi connectivity index (χ0n) is 8.77. The summed E-state index contributed by atoms with van der Waals surface area (Å²) in [6.07, 6.45) is 1.49. The fraction of sp³-hybridized carbons (Fsp3) is 0.0769. The van der Waals surface area contributed by atoms with E-state index < -0.39 is 0 Å². The van der Waals surface area contributed by atoms with Crippen LogP contribution in [0.2, 0.25) is 5.15 Å². The molecular weight excluding hydrogens is 222 g/mol. The normalized spacial score (nSPS) is 10.1. The molecule has 0 unspecified atom stereocenters. The summed E-state index contributed by atoms with van der Waals surface area (Å²) in [5.74, 6) is -0.0378. The predicted octanol–water partition coefficient (Wildman–Crippen LogP) is 3.27. The van der Waals surface area contributed by atoms with Crippen LogP contribution in [0.3, 0.4) is 0 Å². The molecule has 0 aliphatic carbocycles. The molecule has 16 heavy (non-hydrogen) atoms. The van der Waals surface area contributed by atoms with Crippen LogP contribution in [0.25, 0.3) is 0 Å². The number of hydrogen-bond acceptors (Lipinski definition) is 2. The van der Waals surface area contributed by atoms with E-state index >= 15 is 0 Å². The summed E-state index contributed by atoms with van der Waals surface area (Å²) in [6, 6.07) is 10.7. The molecule has 0 spiro atoms. The van der Waals surface area contributed by atoms with E-state index in [1.807, 2.05) is 31.2 Å². The monoisotopic (exact) mass is 231 g/mol. The second-order valence-corrected chi connectivity index (χ2v) is 3.95. The van der Waals surface area contributed by atoms with E-state index in [0.29, 0.717) is 16.3 Å². The Hall–Kier alpha value is -1.67. The maximum Gasteiger partial charge on any atom is 0.194 e. The molecule has 0 fully saturated rings. The second-order valence-electron chi connectivity index (χ2n) is 3.56. The zero-order valence-corrected chi connectivity index (χ0v) is 9.53. The molecule has 1 heterocycles. The van der Waals surface area contributed by atoms with Gasteiger partial charge in [-0.3, -0.25) is 4.79 Å². The number of ketones is 1. The Morgan fingerprint density at radius 2 is 1.69 bits per heavy atom. The van der Waals surface area contributed by atoms with Gasteiger partial charge in [0.1, 0.15) is 5.15 Å². The first-order valence-corrected chi connectivity index (χ1v) is 5.27. The van der Waals surface area contributed by atoms with Crippen LogP contribution in [0.4, 0.5) is 0 Å². The Morgan fingerprint density at radius 1 is 1.06 bits per heavy atom. The number of benzene rings is 1. The number of aromatic nitrogens is 1. The van der Waals surface area contributed by atoms with Crippen LogP contribution < -0.4 is 0 Å². The standard InChI is InChI=1S/C13H10ClNO/c1-9-2-4-10(5-3-9)13(16)11-6-7-12(14)15-8-11/h2-8H,1H3. The molecule has 80 valence electrons. The molecule has 2 nitrogen and oxygen atoms in total. The highest BCUT2D eigenvalue weighted by molar-refractivity contribution is 6.29. The molecule has 0 bridgehead atoms. The lowest BCUT2D eigenvalue weighted by atomic mass is 10.0. The van der Waals surface area contributed by atoms with Crippen molar-refractivity contribution >= 4 is 17.4 Å². The van der Waals surface area contributed by atoms with Crippen LogP contribution in [0.15, 0.2) is 42.6 Å². The molecular formula is C13H10ClNO. The lowest BCUT2D eigenvalue weighted by Crippen LogP contribution is -2.01. The molecule has 0 N–H and O–H groups in total. The number of aryl methyl sites for hydroxylation is 1. The minimum absolute atomic E-state index is 0.0378. The summed E-state index contributed by atoms with van der Waals surface area (Å²) in [5.41, 5.74) is 2.34. The van der Waals surface area contributed by atoms with Crippen molar-refractivity contribution in [2.75, 3.05) is 0 Å². The average Bonchev–Trinajstić information content (AvgIpc) is 2.30. The third kappa shape index (κ3) is 2.28. The van der Waals surface area contributed by atoms with Gasteiger partial charge >= 0.3 is 0 Å². The maximum atomic E-state index is 12.0. The lowest BCUT2D eigenvalue weighted by Gasteiger charge is -2.01. The molecule has 0 saturated heterocycles. The van der Waals surface area contributed by atoms with E-state index in [-0.39, 0.29) is 5.78 Å². The van der Waals surface area contributed by atoms with Crippen molar-refractivity contribution in [2.24, 2.45) is 0 Å². The Morgan fingerprint density at radius 3 is 2.25 bits per heavy atom. The molecule has 0 aliphatic rings. The summed E-state index contributed by atoms with van der Waals surface area (Å²) in [7, 11) is 0. The van der Waals surface area contributed by atoms with Crippen molar-refractivity contribution in [1.29, 1.82) is 0 Å². The Bertz CT molecular complexity index is 455. The van der Waals surface area contributed by atoms with E-state index in [4.69, 9.17) is 11.6 Å². The molecule has 2 rings (SSSR count). The highest BCUT2D eigenvalue weighted by Gasteiger charge is 2.08. The van der Waals surface area contributed by atoms with Crippen LogP contribution in [0.5, 0.6) is 0 Å². The first-order valence-electron chi connectivity index (χ1n) is 4.90. The van der Waals surface area contributed by atoms with Gasteiger partial charge in [0.15, 0.2) is 5.78 Å². The van der Waals surface area contributed by atoms with Crippen molar-refractivity contribution in [3.05, 3.63) is 64.4 Å². The van der Waals surface area contributed by atoms with Crippen LogP contribution in [-0.4, -0.2) is 10.8 Å². The Balaban J connectivity index is 2.32. The number of halogens is 1. The highest BCUT2D eigenvalue weighted by Crippen LogP contribution is 2.12. The van der Waals surface area contributed by atoms with Crippen molar-refractivity contribution in [3.8, 4) is 0 Å². The van der Waals surface area contributed by atoms with Gasteiger partial charge in [0.05, 0.1) is 0 Å². The number of carbonyl (C=O) groups excluding carboxylic acids is 1. The quantitative estimate of drug-likeness (QED) is 0.587. The first kappa shape index (κ1) is 10.8. The van der Waals surface area contributed by atoms with Gasteiger partial charge in [-0.2, -0.15) is 0 Å². The Labute approximate surface area is 98.9 Å². The molecule has 0 atom stereocenters. The van der Waals surface area contributed by atoms with E-state index in [9.17, 15) is 4.79 Å². The summed E-state index contributed by atoms with van der Waals surface area (Å²) < 4.78 is 0. The van der Waals surface area contributed by atoms with Gasteiger partial charge in [0.25, 0.3) is 0 Å². The minimum atomic E-state index is -0.0378. The fourth-order valence-corrected chi connectivity index (χ4v) is 1.49. The van der Waals surface area contributed by atoms with Crippen molar-refractivity contribution < 1.29 is 4.79 Å². The largest absolute Gasteiger partial charge is 0.289 e. The van der Waals surface area contributed by atoms with E-state index in [0.717, 1.165) is 5.56 Å². The molecule has 0 amide bonds. The van der Waals surface area contributed by atoms with Crippen LogP contribution in [0.1, 0.15) is 21.5 Å².